The zero-order chi connectivity index (χ0) is 16.3. The number of ether oxygens (including phenoxy) is 1. The summed E-state index contributed by atoms with van der Waals surface area (Å²) >= 11 is 4.74. The molecule has 0 aromatic carbocycles. The fourth-order valence-electron chi connectivity index (χ4n) is 2.86. The van der Waals surface area contributed by atoms with Crippen LogP contribution in [0.4, 0.5) is 0 Å². The van der Waals surface area contributed by atoms with Crippen LogP contribution in [0, 0.1) is 12.3 Å². The summed E-state index contributed by atoms with van der Waals surface area (Å²) in [5, 5.41) is 12.3. The van der Waals surface area contributed by atoms with Crippen molar-refractivity contribution in [3.63, 3.8) is 0 Å². The van der Waals surface area contributed by atoms with Crippen molar-refractivity contribution in [1.29, 1.82) is 0 Å². The van der Waals surface area contributed by atoms with E-state index in [4.69, 9.17) is 4.74 Å². The van der Waals surface area contributed by atoms with Crippen LogP contribution >= 0.6 is 27.3 Å². The van der Waals surface area contributed by atoms with Crippen LogP contribution in [-0.4, -0.2) is 30.6 Å². The number of amides is 1. The molecule has 1 aromatic heterocycles. The Morgan fingerprint density at radius 2 is 2.00 bits per heavy atom. The number of carboxylic acid groups (broad SMARTS) is 1. The number of aliphatic carboxylic acids is 1. The summed E-state index contributed by atoms with van der Waals surface area (Å²) < 4.78 is 6.04. The van der Waals surface area contributed by atoms with E-state index < -0.39 is 11.4 Å². The molecule has 1 aliphatic rings. The van der Waals surface area contributed by atoms with Crippen molar-refractivity contribution in [1.82, 2.24) is 5.32 Å². The normalized spacial score (nSPS) is 17.0. The van der Waals surface area contributed by atoms with Gasteiger partial charge in [0.2, 0.25) is 0 Å². The molecule has 0 radical (unpaired) electrons. The van der Waals surface area contributed by atoms with Gasteiger partial charge in [-0.2, -0.15) is 0 Å². The molecule has 7 heteroatoms. The molecule has 0 aliphatic heterocycles. The van der Waals surface area contributed by atoms with Crippen molar-refractivity contribution in [2.24, 2.45) is 5.41 Å². The van der Waals surface area contributed by atoms with Gasteiger partial charge >= 0.3 is 5.97 Å². The number of halogens is 1. The highest BCUT2D eigenvalue weighted by Crippen LogP contribution is 2.40. The van der Waals surface area contributed by atoms with Gasteiger partial charge in [-0.05, 0) is 35.7 Å². The molecule has 2 N–H and O–H groups in total. The van der Waals surface area contributed by atoms with Crippen molar-refractivity contribution in [3.8, 4) is 5.75 Å². The Bertz CT molecular complexity index is 578. The molecular formula is C15H20BrNO4S. The van der Waals surface area contributed by atoms with E-state index in [1.807, 2.05) is 6.92 Å². The number of nitrogens with one attached hydrogen (secondary N) is 1. The standard InChI is InChI=1S/C15H20BrNO4S/c1-9-10(16)11(21-2)12(22-9)13(18)17-8-15(14(19)20)6-4-3-5-7-15/h3-8H2,1-2H3,(H,17,18)(H,19,20). The van der Waals surface area contributed by atoms with Crippen LogP contribution in [0.1, 0.15) is 46.7 Å². The fraction of sp³-hybridized carbons (Fsp3) is 0.600. The molecule has 122 valence electrons. The first-order valence-electron chi connectivity index (χ1n) is 7.26. The molecule has 0 saturated heterocycles. The van der Waals surface area contributed by atoms with Crippen molar-refractivity contribution >= 4 is 39.1 Å². The van der Waals surface area contributed by atoms with Crippen LogP contribution in [0.5, 0.6) is 5.75 Å². The molecule has 0 bridgehead atoms. The number of methoxy groups -OCH3 is 1. The minimum atomic E-state index is -0.829. The highest BCUT2D eigenvalue weighted by Gasteiger charge is 2.40. The lowest BCUT2D eigenvalue weighted by molar-refractivity contribution is -0.150. The van der Waals surface area contributed by atoms with Gasteiger partial charge in [0.15, 0.2) is 5.75 Å². The third-order valence-electron chi connectivity index (χ3n) is 4.23. The maximum absolute atomic E-state index is 12.4. The molecule has 5 nitrogen and oxygen atoms in total. The Hall–Kier alpha value is -1.08. The Balaban J connectivity index is 2.12. The van der Waals surface area contributed by atoms with Crippen LogP contribution < -0.4 is 10.1 Å². The molecule has 0 unspecified atom stereocenters. The van der Waals surface area contributed by atoms with Gasteiger partial charge in [0.25, 0.3) is 5.91 Å². The molecule has 0 atom stereocenters. The smallest absolute Gasteiger partial charge is 0.311 e. The number of rotatable bonds is 5. The number of aryl methyl sites for hydroxylation is 1. The number of hydrogen-bond acceptors (Lipinski definition) is 4. The minimum absolute atomic E-state index is 0.166. The number of thiophene rings is 1. The quantitative estimate of drug-likeness (QED) is 0.806. The van der Waals surface area contributed by atoms with E-state index in [9.17, 15) is 14.7 Å². The number of carbonyl (C=O) groups excluding carboxylic acids is 1. The summed E-state index contributed by atoms with van der Waals surface area (Å²) in [6, 6.07) is 0. The molecule has 1 heterocycles. The fourth-order valence-corrected chi connectivity index (χ4v) is 4.53. The molecule has 1 amide bonds. The molecule has 22 heavy (non-hydrogen) atoms. The first-order chi connectivity index (χ1) is 10.4. The molecular weight excluding hydrogens is 370 g/mol. The summed E-state index contributed by atoms with van der Waals surface area (Å²) in [4.78, 5) is 25.5. The highest BCUT2D eigenvalue weighted by molar-refractivity contribution is 9.10. The van der Waals surface area contributed by atoms with E-state index in [1.165, 1.54) is 18.4 Å². The predicted octanol–water partition coefficient (Wildman–Crippen LogP) is 3.59. The maximum Gasteiger partial charge on any atom is 0.311 e. The molecule has 2 rings (SSSR count). The Kier molecular flexibility index (Phi) is 5.50. The van der Waals surface area contributed by atoms with Crippen LogP contribution in [0.15, 0.2) is 4.47 Å². The lowest BCUT2D eigenvalue weighted by Crippen LogP contribution is -2.44. The first-order valence-corrected chi connectivity index (χ1v) is 8.87. The molecule has 1 aromatic rings. The topological polar surface area (TPSA) is 75.6 Å². The Morgan fingerprint density at radius 1 is 1.36 bits per heavy atom. The highest BCUT2D eigenvalue weighted by atomic mass is 79.9. The van der Waals surface area contributed by atoms with Gasteiger partial charge in [0, 0.05) is 11.4 Å². The van der Waals surface area contributed by atoms with Gasteiger partial charge in [-0.25, -0.2) is 0 Å². The molecule has 1 saturated carbocycles. The zero-order valence-corrected chi connectivity index (χ0v) is 15.1. The number of carboxylic acids is 1. The van der Waals surface area contributed by atoms with E-state index in [2.05, 4.69) is 21.2 Å². The third kappa shape index (κ3) is 3.30. The van der Waals surface area contributed by atoms with E-state index in [0.29, 0.717) is 23.5 Å². The summed E-state index contributed by atoms with van der Waals surface area (Å²) in [5.74, 6) is -0.585. The van der Waals surface area contributed by atoms with E-state index in [0.717, 1.165) is 28.6 Å². The van der Waals surface area contributed by atoms with Gasteiger partial charge in [0.05, 0.1) is 17.0 Å². The van der Waals surface area contributed by atoms with Crippen LogP contribution in [-0.2, 0) is 4.79 Å². The van der Waals surface area contributed by atoms with Crippen LogP contribution in [0.2, 0.25) is 0 Å². The van der Waals surface area contributed by atoms with Crippen LogP contribution in [0.25, 0.3) is 0 Å². The van der Waals surface area contributed by atoms with E-state index in [-0.39, 0.29) is 12.5 Å². The van der Waals surface area contributed by atoms with E-state index >= 15 is 0 Å². The summed E-state index contributed by atoms with van der Waals surface area (Å²) in [7, 11) is 1.52. The van der Waals surface area contributed by atoms with Crippen molar-refractivity contribution in [2.45, 2.75) is 39.0 Å². The zero-order valence-electron chi connectivity index (χ0n) is 12.7. The van der Waals surface area contributed by atoms with Gasteiger partial charge in [-0.1, -0.05) is 19.3 Å². The van der Waals surface area contributed by atoms with E-state index in [1.54, 1.807) is 0 Å². The Morgan fingerprint density at radius 3 is 2.55 bits per heavy atom. The summed E-state index contributed by atoms with van der Waals surface area (Å²) in [5.41, 5.74) is -0.829. The largest absolute Gasteiger partial charge is 0.494 e. The van der Waals surface area contributed by atoms with Gasteiger partial charge in [0.1, 0.15) is 4.88 Å². The minimum Gasteiger partial charge on any atom is -0.494 e. The van der Waals surface area contributed by atoms with Gasteiger partial charge in [-0.3, -0.25) is 9.59 Å². The van der Waals surface area contributed by atoms with Crippen LogP contribution in [0.3, 0.4) is 0 Å². The summed E-state index contributed by atoms with van der Waals surface area (Å²) in [6.07, 6.45) is 4.10. The third-order valence-corrected chi connectivity index (χ3v) is 6.53. The van der Waals surface area contributed by atoms with Crippen molar-refractivity contribution in [2.75, 3.05) is 13.7 Å². The van der Waals surface area contributed by atoms with Gasteiger partial charge < -0.3 is 15.2 Å². The second-order valence-electron chi connectivity index (χ2n) is 5.66. The second kappa shape index (κ2) is 7.00. The average molecular weight is 390 g/mol. The lowest BCUT2D eigenvalue weighted by Gasteiger charge is -2.33. The molecule has 1 fully saturated rings. The summed E-state index contributed by atoms with van der Waals surface area (Å²) in [6.45, 7) is 2.06. The maximum atomic E-state index is 12.4. The number of carbonyl (C=O) groups is 2. The van der Waals surface area contributed by atoms with Crippen molar-refractivity contribution in [3.05, 3.63) is 14.2 Å². The lowest BCUT2D eigenvalue weighted by atomic mass is 9.74. The second-order valence-corrected chi connectivity index (χ2v) is 7.68. The first kappa shape index (κ1) is 17.3. The van der Waals surface area contributed by atoms with Gasteiger partial charge in [-0.15, -0.1) is 11.3 Å². The molecule has 0 spiro atoms. The monoisotopic (exact) mass is 389 g/mol. The Labute approximate surface area is 142 Å². The molecule has 1 aliphatic carbocycles. The number of hydrogen-bond donors (Lipinski definition) is 2. The predicted molar refractivity (Wildman–Crippen MR) is 88.8 cm³/mol. The SMILES string of the molecule is COc1c(C(=O)NCC2(C(=O)O)CCCCC2)sc(C)c1Br. The average Bonchev–Trinajstić information content (AvgIpc) is 2.80. The van der Waals surface area contributed by atoms with Crippen molar-refractivity contribution < 1.29 is 19.4 Å².